The van der Waals surface area contributed by atoms with E-state index in [2.05, 4.69) is 5.32 Å². The normalized spacial score (nSPS) is 15.5. The number of rotatable bonds is 11. The van der Waals surface area contributed by atoms with Crippen molar-refractivity contribution in [2.75, 3.05) is 0 Å². The number of phenolic OH excluding ortho intramolecular Hbond substituents is 2. The molecule has 5 N–H and O–H groups in total. The van der Waals surface area contributed by atoms with Gasteiger partial charge < -0.3 is 40.1 Å². The molecule has 6 aromatic rings. The summed E-state index contributed by atoms with van der Waals surface area (Å²) in [7, 11) is 0. The minimum atomic E-state index is -1.10. The van der Waals surface area contributed by atoms with Gasteiger partial charge in [-0.2, -0.15) is 0 Å². The summed E-state index contributed by atoms with van der Waals surface area (Å²) < 4.78 is 11.8. The van der Waals surface area contributed by atoms with Gasteiger partial charge in [0.1, 0.15) is 25.3 Å². The molecule has 0 aromatic heterocycles. The van der Waals surface area contributed by atoms with Gasteiger partial charge in [-0.1, -0.05) is 133 Å². The van der Waals surface area contributed by atoms with E-state index in [4.69, 9.17) is 14.6 Å². The molecule has 0 unspecified atom stereocenters. The molecule has 11 nitrogen and oxygen atoms in total. The van der Waals surface area contributed by atoms with E-state index in [1.54, 1.807) is 18.2 Å². The number of fused-ring (bicyclic) bond motifs is 2. The van der Waals surface area contributed by atoms with Crippen LogP contribution in [-0.4, -0.2) is 55.3 Å². The number of carbonyl (C=O) groups excluding carboxylic acids is 1. The lowest BCUT2D eigenvalue weighted by molar-refractivity contribution is -0.151. The van der Waals surface area contributed by atoms with Gasteiger partial charge >= 0.3 is 11.9 Å². The Balaban J connectivity index is 0.000000204. The van der Waals surface area contributed by atoms with E-state index < -0.39 is 29.9 Å². The molecule has 2 heterocycles. The van der Waals surface area contributed by atoms with Gasteiger partial charge in [0, 0.05) is 37.1 Å². The van der Waals surface area contributed by atoms with Crippen molar-refractivity contribution in [1.82, 2.24) is 10.2 Å². The molecule has 0 fully saturated rings. The molecular formula is C48H44N2O9. The second-order valence-corrected chi connectivity index (χ2v) is 14.4. The maximum atomic E-state index is 14.1. The number of aliphatic carboxylic acids is 2. The highest BCUT2D eigenvalue weighted by Crippen LogP contribution is 2.40. The summed E-state index contributed by atoms with van der Waals surface area (Å²) in [6.45, 7) is 1.11. The highest BCUT2D eigenvalue weighted by molar-refractivity contribution is 5.91. The Hall–Kier alpha value is -7.11. The van der Waals surface area contributed by atoms with E-state index in [0.29, 0.717) is 30.9 Å². The fourth-order valence-electron chi connectivity index (χ4n) is 7.52. The number of phenols is 2. The maximum absolute atomic E-state index is 14.1. The van der Waals surface area contributed by atoms with Gasteiger partial charge in [-0.25, -0.2) is 4.79 Å². The molecule has 300 valence electrons. The largest absolute Gasteiger partial charge is 0.504 e. The molecule has 2 aliphatic rings. The summed E-state index contributed by atoms with van der Waals surface area (Å²) in [5.74, 6) is -2.28. The van der Waals surface area contributed by atoms with Crippen LogP contribution in [0.1, 0.15) is 50.4 Å². The zero-order valence-corrected chi connectivity index (χ0v) is 32.1. The van der Waals surface area contributed by atoms with Crippen LogP contribution < -0.4 is 14.8 Å². The fraction of sp³-hybridized carbons (Fsp3) is 0.188. The molecule has 2 atom stereocenters. The molecular weight excluding hydrogens is 749 g/mol. The van der Waals surface area contributed by atoms with Gasteiger partial charge in [0.2, 0.25) is 5.91 Å². The molecule has 2 aliphatic heterocycles. The van der Waals surface area contributed by atoms with Crippen molar-refractivity contribution >= 4 is 17.8 Å². The Morgan fingerprint density at radius 1 is 0.593 bits per heavy atom. The molecule has 6 aromatic carbocycles. The molecule has 0 saturated carbocycles. The third-order valence-corrected chi connectivity index (χ3v) is 10.6. The van der Waals surface area contributed by atoms with Crippen molar-refractivity contribution in [3.63, 3.8) is 0 Å². The van der Waals surface area contributed by atoms with E-state index in [-0.39, 0.29) is 42.7 Å². The maximum Gasteiger partial charge on any atom is 0.326 e. The lowest BCUT2D eigenvalue weighted by Crippen LogP contribution is -2.50. The first-order valence-corrected chi connectivity index (χ1v) is 19.3. The van der Waals surface area contributed by atoms with Crippen LogP contribution in [0.2, 0.25) is 0 Å². The van der Waals surface area contributed by atoms with Gasteiger partial charge in [-0.3, -0.25) is 9.59 Å². The number of aromatic hydroxyl groups is 2. The van der Waals surface area contributed by atoms with Crippen LogP contribution in [0.5, 0.6) is 23.0 Å². The SMILES string of the molecule is O=C(O)[C@@H]1Cc2c(ccc(O)c2OCc2ccccc2)CN1.O=C(O)[C@@H]1Cc2c(ccc(O)c2OCc2ccccc2)CN1C(=O)C(c1ccccc1)c1ccccc1. The van der Waals surface area contributed by atoms with E-state index in [1.165, 1.54) is 11.0 Å². The molecule has 1 amide bonds. The Morgan fingerprint density at radius 3 is 1.53 bits per heavy atom. The minimum absolute atomic E-state index is 0.0330. The molecule has 0 saturated heterocycles. The second kappa shape index (κ2) is 18.4. The van der Waals surface area contributed by atoms with Crippen molar-refractivity contribution < 1.29 is 44.3 Å². The monoisotopic (exact) mass is 792 g/mol. The van der Waals surface area contributed by atoms with Crippen LogP contribution in [0.4, 0.5) is 0 Å². The van der Waals surface area contributed by atoms with E-state index >= 15 is 0 Å². The molecule has 0 radical (unpaired) electrons. The molecule has 59 heavy (non-hydrogen) atoms. The number of ether oxygens (including phenoxy) is 2. The van der Waals surface area contributed by atoms with Crippen molar-refractivity contribution in [1.29, 1.82) is 0 Å². The van der Waals surface area contributed by atoms with Gasteiger partial charge in [-0.05, 0) is 45.5 Å². The predicted octanol–water partition coefficient (Wildman–Crippen LogP) is 7.21. The number of carboxylic acids is 2. The van der Waals surface area contributed by atoms with Gasteiger partial charge in [0.15, 0.2) is 23.0 Å². The van der Waals surface area contributed by atoms with Crippen LogP contribution in [-0.2, 0) is 53.5 Å². The van der Waals surface area contributed by atoms with Crippen LogP contribution in [0.15, 0.2) is 146 Å². The summed E-state index contributed by atoms with van der Waals surface area (Å²) in [6.07, 6.45) is 0.328. The van der Waals surface area contributed by atoms with Crippen LogP contribution in [0, 0.1) is 0 Å². The summed E-state index contributed by atoms with van der Waals surface area (Å²) in [4.78, 5) is 39.1. The average molecular weight is 793 g/mol. The van der Waals surface area contributed by atoms with E-state index in [1.807, 2.05) is 121 Å². The first kappa shape index (κ1) is 40.1. The second-order valence-electron chi connectivity index (χ2n) is 14.4. The standard InChI is InChI=1S/C31H27NO5.C17H17NO4/c33-27-17-16-24-19-32(30(34)28(22-12-6-2-7-13-22)23-14-8-3-9-15-23)26(31(35)36)18-25(24)29(27)37-20-21-10-4-1-5-11-21;19-15-7-6-12-9-18-14(17(20)21)8-13(12)16(15)22-10-11-4-2-1-3-5-11/h1-17,26,28,33H,18-20H2,(H,35,36);1-7,14,18-19H,8-10H2,(H,20,21)/t26-;14-/m00/s1. The number of hydrogen-bond donors (Lipinski definition) is 5. The number of carboxylic acid groups (broad SMARTS) is 2. The third kappa shape index (κ3) is 9.38. The Labute approximate surface area is 341 Å². The molecule has 11 heteroatoms. The third-order valence-electron chi connectivity index (χ3n) is 10.6. The van der Waals surface area contributed by atoms with E-state index in [9.17, 15) is 29.7 Å². The zero-order chi connectivity index (χ0) is 41.3. The number of benzene rings is 6. The Bertz CT molecular complexity index is 2350. The Kier molecular flexibility index (Phi) is 12.5. The number of hydrogen-bond acceptors (Lipinski definition) is 8. The lowest BCUT2D eigenvalue weighted by Gasteiger charge is -2.37. The summed E-state index contributed by atoms with van der Waals surface area (Å²) in [5.41, 5.74) is 6.60. The van der Waals surface area contributed by atoms with Crippen molar-refractivity contribution in [2.24, 2.45) is 0 Å². The zero-order valence-electron chi connectivity index (χ0n) is 32.1. The topological polar surface area (TPSA) is 166 Å². The molecule has 0 aliphatic carbocycles. The average Bonchev–Trinajstić information content (AvgIpc) is 3.26. The Morgan fingerprint density at radius 2 is 1.05 bits per heavy atom. The molecule has 0 bridgehead atoms. The van der Waals surface area contributed by atoms with Crippen LogP contribution in [0.3, 0.4) is 0 Å². The highest BCUT2D eigenvalue weighted by Gasteiger charge is 2.40. The van der Waals surface area contributed by atoms with Crippen molar-refractivity contribution in [2.45, 2.75) is 57.1 Å². The number of nitrogens with one attached hydrogen (secondary N) is 1. The smallest absolute Gasteiger partial charge is 0.326 e. The molecule has 8 rings (SSSR count). The number of carbonyl (C=O) groups is 3. The van der Waals surface area contributed by atoms with Crippen molar-refractivity contribution in [3.05, 3.63) is 190 Å². The minimum Gasteiger partial charge on any atom is -0.504 e. The highest BCUT2D eigenvalue weighted by atomic mass is 16.5. The summed E-state index contributed by atoms with van der Waals surface area (Å²) in [5, 5.41) is 43.0. The molecule has 0 spiro atoms. The lowest BCUT2D eigenvalue weighted by atomic mass is 9.87. The van der Waals surface area contributed by atoms with Crippen LogP contribution >= 0.6 is 0 Å². The first-order valence-electron chi connectivity index (χ1n) is 19.3. The van der Waals surface area contributed by atoms with E-state index in [0.717, 1.165) is 38.9 Å². The fourth-order valence-corrected chi connectivity index (χ4v) is 7.52. The van der Waals surface area contributed by atoms with Crippen molar-refractivity contribution in [3.8, 4) is 23.0 Å². The summed E-state index contributed by atoms with van der Waals surface area (Å²) >= 11 is 0. The predicted molar refractivity (Wildman–Crippen MR) is 220 cm³/mol. The van der Waals surface area contributed by atoms with Gasteiger partial charge in [0.05, 0.1) is 5.92 Å². The quantitative estimate of drug-likeness (QED) is 0.0905. The summed E-state index contributed by atoms with van der Waals surface area (Å²) in [6, 6.07) is 42.9. The van der Waals surface area contributed by atoms with Gasteiger partial charge in [-0.15, -0.1) is 0 Å². The van der Waals surface area contributed by atoms with Gasteiger partial charge in [0.25, 0.3) is 0 Å². The number of amides is 1. The number of nitrogens with zero attached hydrogens (tertiary/aromatic N) is 1. The van der Waals surface area contributed by atoms with Crippen LogP contribution in [0.25, 0.3) is 0 Å². The first-order chi connectivity index (χ1) is 28.7.